The van der Waals surface area contributed by atoms with E-state index in [1.165, 1.54) is 65.7 Å². The van der Waals surface area contributed by atoms with E-state index in [1.807, 2.05) is 24.3 Å². The van der Waals surface area contributed by atoms with E-state index in [1.54, 1.807) is 0 Å². The summed E-state index contributed by atoms with van der Waals surface area (Å²) in [6, 6.07) is 58.4. The molecule has 9 aromatic rings. The van der Waals surface area contributed by atoms with Gasteiger partial charge in [0.1, 0.15) is 5.52 Å². The highest BCUT2D eigenvalue weighted by atomic mass is 16.3. The molecule has 0 aliphatic rings. The number of nitrogens with zero attached hydrogens (tertiary/aromatic N) is 1. The van der Waals surface area contributed by atoms with Gasteiger partial charge in [-0.25, -0.2) is 4.98 Å². The number of aromatic nitrogens is 1. The van der Waals surface area contributed by atoms with Crippen molar-refractivity contribution in [2.45, 2.75) is 0 Å². The second-order valence-corrected chi connectivity index (χ2v) is 11.5. The first-order chi connectivity index (χ1) is 22.3. The number of oxazole rings is 1. The van der Waals surface area contributed by atoms with Gasteiger partial charge in [0.25, 0.3) is 0 Å². The van der Waals surface area contributed by atoms with Gasteiger partial charge in [-0.05, 0) is 102 Å². The molecule has 8 aromatic carbocycles. The second kappa shape index (κ2) is 10.3. The van der Waals surface area contributed by atoms with Crippen LogP contribution in [0.3, 0.4) is 0 Å². The van der Waals surface area contributed by atoms with E-state index in [0.29, 0.717) is 5.89 Å². The SMILES string of the molecule is c1cc(-c2ccc3ccccc3c2)cc(-c2c3ccccc3c(-c3ccc(-c4nc5ccccc5o4)cc3)c3ccccc23)c1. The third-order valence-corrected chi connectivity index (χ3v) is 8.88. The fourth-order valence-corrected chi connectivity index (χ4v) is 6.75. The van der Waals surface area contributed by atoms with E-state index >= 15 is 0 Å². The molecule has 0 saturated heterocycles. The van der Waals surface area contributed by atoms with Gasteiger partial charge >= 0.3 is 0 Å². The van der Waals surface area contributed by atoms with Crippen LogP contribution in [0.1, 0.15) is 0 Å². The molecule has 1 heterocycles. The maximum atomic E-state index is 6.06. The molecule has 2 heteroatoms. The maximum Gasteiger partial charge on any atom is 0.227 e. The summed E-state index contributed by atoms with van der Waals surface area (Å²) >= 11 is 0. The summed E-state index contributed by atoms with van der Waals surface area (Å²) in [4.78, 5) is 4.71. The van der Waals surface area contributed by atoms with E-state index in [0.717, 1.165) is 16.7 Å². The molecule has 9 rings (SSSR count). The van der Waals surface area contributed by atoms with Crippen molar-refractivity contribution in [2.24, 2.45) is 0 Å². The van der Waals surface area contributed by atoms with Gasteiger partial charge in [-0.3, -0.25) is 0 Å². The van der Waals surface area contributed by atoms with Crippen molar-refractivity contribution in [3.8, 4) is 44.8 Å². The lowest BCUT2D eigenvalue weighted by atomic mass is 9.85. The molecular formula is C43H27NO. The van der Waals surface area contributed by atoms with Gasteiger partial charge in [0, 0.05) is 5.56 Å². The smallest absolute Gasteiger partial charge is 0.227 e. The van der Waals surface area contributed by atoms with Crippen LogP contribution in [0.25, 0.3) is 88.3 Å². The van der Waals surface area contributed by atoms with Crippen molar-refractivity contribution in [1.29, 1.82) is 0 Å². The van der Waals surface area contributed by atoms with Crippen LogP contribution in [0.2, 0.25) is 0 Å². The van der Waals surface area contributed by atoms with E-state index in [9.17, 15) is 0 Å². The zero-order chi connectivity index (χ0) is 29.7. The molecule has 0 radical (unpaired) electrons. The molecule has 0 aliphatic carbocycles. The van der Waals surface area contributed by atoms with Gasteiger partial charge in [0.15, 0.2) is 5.58 Å². The van der Waals surface area contributed by atoms with Crippen molar-refractivity contribution < 1.29 is 4.42 Å². The average molecular weight is 574 g/mol. The summed E-state index contributed by atoms with van der Waals surface area (Å²) in [6.07, 6.45) is 0. The molecule has 0 N–H and O–H groups in total. The highest BCUT2D eigenvalue weighted by Gasteiger charge is 2.17. The monoisotopic (exact) mass is 573 g/mol. The fraction of sp³-hybridized carbons (Fsp3) is 0. The Morgan fingerprint density at radius 1 is 0.356 bits per heavy atom. The average Bonchev–Trinajstić information content (AvgIpc) is 3.55. The molecule has 2 nitrogen and oxygen atoms in total. The van der Waals surface area contributed by atoms with Crippen LogP contribution in [0.5, 0.6) is 0 Å². The fourth-order valence-electron chi connectivity index (χ4n) is 6.75. The van der Waals surface area contributed by atoms with Gasteiger partial charge in [0.2, 0.25) is 5.89 Å². The molecule has 0 atom stereocenters. The largest absolute Gasteiger partial charge is 0.436 e. The van der Waals surface area contributed by atoms with Crippen molar-refractivity contribution in [1.82, 2.24) is 4.98 Å². The quantitative estimate of drug-likeness (QED) is 0.196. The lowest BCUT2D eigenvalue weighted by Crippen LogP contribution is -1.91. The van der Waals surface area contributed by atoms with E-state index in [-0.39, 0.29) is 0 Å². The summed E-state index contributed by atoms with van der Waals surface area (Å²) in [6.45, 7) is 0. The van der Waals surface area contributed by atoms with Crippen molar-refractivity contribution >= 4 is 43.4 Å². The Bertz CT molecular complexity index is 2450. The van der Waals surface area contributed by atoms with Gasteiger partial charge in [-0.1, -0.05) is 127 Å². The lowest BCUT2D eigenvalue weighted by Gasteiger charge is -2.18. The Balaban J connectivity index is 1.21. The number of benzene rings is 8. The Morgan fingerprint density at radius 3 is 1.60 bits per heavy atom. The van der Waals surface area contributed by atoms with Crippen molar-refractivity contribution in [3.63, 3.8) is 0 Å². The lowest BCUT2D eigenvalue weighted by molar-refractivity contribution is 0.620. The highest BCUT2D eigenvalue weighted by Crippen LogP contribution is 2.44. The Hall–Kier alpha value is -5.99. The minimum absolute atomic E-state index is 0.638. The number of para-hydroxylation sites is 2. The first-order valence-corrected chi connectivity index (χ1v) is 15.3. The van der Waals surface area contributed by atoms with Gasteiger partial charge in [0.05, 0.1) is 0 Å². The van der Waals surface area contributed by atoms with Crippen LogP contribution in [0.15, 0.2) is 168 Å². The van der Waals surface area contributed by atoms with Gasteiger partial charge in [-0.2, -0.15) is 0 Å². The van der Waals surface area contributed by atoms with Crippen LogP contribution < -0.4 is 0 Å². The molecule has 0 spiro atoms. The Labute approximate surface area is 260 Å². The topological polar surface area (TPSA) is 26.0 Å². The highest BCUT2D eigenvalue weighted by molar-refractivity contribution is 6.21. The van der Waals surface area contributed by atoms with Crippen LogP contribution in [-0.4, -0.2) is 4.98 Å². The van der Waals surface area contributed by atoms with Crippen LogP contribution in [0.4, 0.5) is 0 Å². The summed E-state index contributed by atoms with van der Waals surface area (Å²) in [5.74, 6) is 0.638. The number of rotatable bonds is 4. The molecule has 0 amide bonds. The third kappa shape index (κ3) is 4.30. The van der Waals surface area contributed by atoms with Gasteiger partial charge < -0.3 is 4.42 Å². The Morgan fingerprint density at radius 2 is 0.889 bits per heavy atom. The molecule has 0 fully saturated rings. The van der Waals surface area contributed by atoms with E-state index < -0.39 is 0 Å². The summed E-state index contributed by atoms with van der Waals surface area (Å²) in [7, 11) is 0. The first kappa shape index (κ1) is 25.5. The minimum atomic E-state index is 0.638. The predicted octanol–water partition coefficient (Wildman–Crippen LogP) is 12.0. The zero-order valence-electron chi connectivity index (χ0n) is 24.4. The third-order valence-electron chi connectivity index (χ3n) is 8.88. The predicted molar refractivity (Wildman–Crippen MR) is 188 cm³/mol. The Kier molecular flexibility index (Phi) is 5.85. The number of hydrogen-bond acceptors (Lipinski definition) is 2. The van der Waals surface area contributed by atoms with Crippen LogP contribution in [-0.2, 0) is 0 Å². The summed E-state index contributed by atoms with van der Waals surface area (Å²) in [5.41, 5.74) is 9.94. The second-order valence-electron chi connectivity index (χ2n) is 11.5. The summed E-state index contributed by atoms with van der Waals surface area (Å²) < 4.78 is 6.06. The van der Waals surface area contributed by atoms with E-state index in [4.69, 9.17) is 9.40 Å². The molecule has 210 valence electrons. The molecule has 0 saturated carbocycles. The normalized spacial score (nSPS) is 11.6. The van der Waals surface area contributed by atoms with Crippen LogP contribution >= 0.6 is 0 Å². The molecular weight excluding hydrogens is 546 g/mol. The molecule has 1 aromatic heterocycles. The zero-order valence-corrected chi connectivity index (χ0v) is 24.4. The van der Waals surface area contributed by atoms with Crippen molar-refractivity contribution in [2.75, 3.05) is 0 Å². The maximum absolute atomic E-state index is 6.06. The minimum Gasteiger partial charge on any atom is -0.436 e. The number of fused-ring (bicyclic) bond motifs is 4. The van der Waals surface area contributed by atoms with E-state index in [2.05, 4.69) is 140 Å². The molecule has 0 bridgehead atoms. The van der Waals surface area contributed by atoms with Crippen molar-refractivity contribution in [3.05, 3.63) is 164 Å². The molecule has 45 heavy (non-hydrogen) atoms. The van der Waals surface area contributed by atoms with Crippen LogP contribution in [0, 0.1) is 0 Å². The first-order valence-electron chi connectivity index (χ1n) is 15.3. The number of hydrogen-bond donors (Lipinski definition) is 0. The standard InChI is InChI=1S/C43H27NO/c1-2-11-31-26-33(25-20-28(31)10-1)32-12-9-13-34(27-32)42-37-16-5-3-14-35(37)41(36-15-4-6-17-38(36)42)29-21-23-30(24-22-29)43-44-39-18-7-8-19-40(39)45-43/h1-27H. The van der Waals surface area contributed by atoms with Gasteiger partial charge in [-0.15, -0.1) is 0 Å². The molecule has 0 aliphatic heterocycles. The summed E-state index contributed by atoms with van der Waals surface area (Å²) in [5, 5.41) is 7.46. The molecule has 0 unspecified atom stereocenters.